The van der Waals surface area contributed by atoms with E-state index in [1.54, 1.807) is 6.07 Å². The highest BCUT2D eigenvalue weighted by Gasteiger charge is 2.37. The number of amides is 1. The Hall–Kier alpha value is -4.13. The number of pyridine rings is 1. The van der Waals surface area contributed by atoms with E-state index in [0.29, 0.717) is 12.8 Å². The number of carbonyl (C=O) groups is 1. The molecule has 0 spiro atoms. The maximum atomic E-state index is 13.5. The zero-order chi connectivity index (χ0) is 29.5. The van der Waals surface area contributed by atoms with Crippen molar-refractivity contribution in [1.82, 2.24) is 14.9 Å². The summed E-state index contributed by atoms with van der Waals surface area (Å²) in [7, 11) is 1.30. The van der Waals surface area contributed by atoms with Gasteiger partial charge in [-0.05, 0) is 54.7 Å². The largest absolute Gasteiger partial charge is 0.494 e. The van der Waals surface area contributed by atoms with Gasteiger partial charge in [0.1, 0.15) is 17.0 Å². The van der Waals surface area contributed by atoms with E-state index in [9.17, 15) is 31.1 Å². The minimum atomic E-state index is -4.67. The number of aromatic nitrogens is 2. The molecule has 1 aliphatic heterocycles. The molecule has 3 heterocycles. The third kappa shape index (κ3) is 5.45. The Morgan fingerprint density at radius 2 is 1.71 bits per heavy atom. The van der Waals surface area contributed by atoms with E-state index in [-0.39, 0.29) is 70.7 Å². The van der Waals surface area contributed by atoms with Crippen LogP contribution in [0.25, 0.3) is 22.4 Å². The fourth-order valence-electron chi connectivity index (χ4n) is 5.13. The summed E-state index contributed by atoms with van der Waals surface area (Å²) in [5.41, 5.74) is 4.38. The molecule has 216 valence electrons. The van der Waals surface area contributed by atoms with Crippen molar-refractivity contribution >= 4 is 16.8 Å². The topological polar surface area (TPSA) is 94.5 Å². The number of benzene rings is 2. The van der Waals surface area contributed by atoms with Gasteiger partial charge in [-0.1, -0.05) is 18.2 Å². The molecule has 2 aromatic carbocycles. The second-order valence-electron chi connectivity index (χ2n) is 9.55. The van der Waals surface area contributed by atoms with Crippen molar-refractivity contribution in [3.8, 4) is 17.2 Å². The predicted molar refractivity (Wildman–Crippen MR) is 136 cm³/mol. The summed E-state index contributed by atoms with van der Waals surface area (Å²) in [6.07, 6.45) is -8.52. The number of ether oxygens (including phenoxy) is 1. The van der Waals surface area contributed by atoms with Gasteiger partial charge in [0.05, 0.1) is 19.2 Å². The molecule has 2 aromatic heterocycles. The van der Waals surface area contributed by atoms with Crippen LogP contribution in [0.1, 0.15) is 51.8 Å². The molecule has 0 saturated carbocycles. The van der Waals surface area contributed by atoms with Crippen molar-refractivity contribution < 1.29 is 40.3 Å². The Bertz CT molecular complexity index is 1590. The number of carbonyl (C=O) groups excluding carboxylic acids is 1. The van der Waals surface area contributed by atoms with Crippen molar-refractivity contribution in [2.24, 2.45) is 5.73 Å². The Kier molecular flexibility index (Phi) is 7.41. The molecule has 13 heteroatoms. The van der Waals surface area contributed by atoms with Crippen LogP contribution in [0.2, 0.25) is 0 Å². The summed E-state index contributed by atoms with van der Waals surface area (Å²) in [6, 6.07) is 10.4. The van der Waals surface area contributed by atoms with E-state index < -0.39 is 29.5 Å². The first kappa shape index (κ1) is 28.4. The molecule has 5 rings (SSSR count). The number of halogens is 6. The van der Waals surface area contributed by atoms with Crippen molar-refractivity contribution in [2.75, 3.05) is 20.2 Å². The Labute approximate surface area is 229 Å². The van der Waals surface area contributed by atoms with Crippen molar-refractivity contribution in [2.45, 2.75) is 37.7 Å². The Balaban J connectivity index is 1.42. The van der Waals surface area contributed by atoms with Crippen LogP contribution >= 0.6 is 0 Å². The van der Waals surface area contributed by atoms with Crippen LogP contribution < -0.4 is 10.5 Å². The maximum Gasteiger partial charge on any atom is 0.433 e. The summed E-state index contributed by atoms with van der Waals surface area (Å²) in [5, 5.41) is 0.255. The SMILES string of the molecule is COc1ccc(-c2nc(C(=O)N3CCC(c4ccccc4C(F)(F)F)CC3)c(CN)o2)c2ccc(C(F)(F)F)nc12. The predicted octanol–water partition coefficient (Wildman–Crippen LogP) is 6.41. The van der Waals surface area contributed by atoms with Gasteiger partial charge in [0, 0.05) is 24.0 Å². The average molecular weight is 579 g/mol. The number of nitrogens with zero attached hydrogens (tertiary/aromatic N) is 3. The van der Waals surface area contributed by atoms with E-state index in [1.807, 2.05) is 0 Å². The molecular weight excluding hydrogens is 554 g/mol. The number of rotatable bonds is 5. The number of piperidine rings is 1. The number of alkyl halides is 6. The fourth-order valence-corrected chi connectivity index (χ4v) is 5.13. The first-order valence-electron chi connectivity index (χ1n) is 12.6. The first-order chi connectivity index (χ1) is 19.4. The number of hydrogen-bond donors (Lipinski definition) is 1. The van der Waals surface area contributed by atoms with Gasteiger partial charge < -0.3 is 19.8 Å². The highest BCUT2D eigenvalue weighted by Crippen LogP contribution is 2.40. The van der Waals surface area contributed by atoms with Crippen molar-refractivity contribution in [1.29, 1.82) is 0 Å². The third-order valence-electron chi connectivity index (χ3n) is 7.13. The molecule has 41 heavy (non-hydrogen) atoms. The van der Waals surface area contributed by atoms with Crippen LogP contribution in [0.4, 0.5) is 26.3 Å². The van der Waals surface area contributed by atoms with Crippen LogP contribution in [0, 0.1) is 0 Å². The van der Waals surface area contributed by atoms with E-state index in [4.69, 9.17) is 14.9 Å². The molecule has 0 unspecified atom stereocenters. The number of methoxy groups -OCH3 is 1. The van der Waals surface area contributed by atoms with Crippen LogP contribution in [0.5, 0.6) is 5.75 Å². The lowest BCUT2D eigenvalue weighted by atomic mass is 9.86. The number of fused-ring (bicyclic) bond motifs is 1. The molecular formula is C28H24F6N4O3. The lowest BCUT2D eigenvalue weighted by molar-refractivity contribution is -0.141. The zero-order valence-electron chi connectivity index (χ0n) is 21.6. The van der Waals surface area contributed by atoms with Gasteiger partial charge in [-0.25, -0.2) is 9.97 Å². The molecule has 0 bridgehead atoms. The van der Waals surface area contributed by atoms with Gasteiger partial charge in [0.25, 0.3) is 5.91 Å². The standard InChI is InChI=1S/C28H24F6N4O3/c1-40-20-8-6-18(17-7-9-22(28(32,33)34)36-23(17)20)25-37-24(21(14-35)41-25)26(39)38-12-10-15(11-13-38)16-4-2-3-5-19(16)27(29,30)31/h2-9,15H,10-14,35H2,1H3. The molecule has 4 aromatic rings. The molecule has 1 fully saturated rings. The van der Waals surface area contributed by atoms with Gasteiger partial charge in [-0.2, -0.15) is 26.3 Å². The first-order valence-corrected chi connectivity index (χ1v) is 12.6. The maximum absolute atomic E-state index is 13.5. The number of hydrogen-bond acceptors (Lipinski definition) is 6. The number of nitrogens with two attached hydrogens (primary N) is 1. The minimum absolute atomic E-state index is 0.0444. The van der Waals surface area contributed by atoms with Gasteiger partial charge in [0.2, 0.25) is 5.89 Å². The average Bonchev–Trinajstić information content (AvgIpc) is 3.39. The third-order valence-corrected chi connectivity index (χ3v) is 7.13. The van der Waals surface area contributed by atoms with Crippen LogP contribution in [0.15, 0.2) is 52.9 Å². The summed E-state index contributed by atoms with van der Waals surface area (Å²) in [5.74, 6) is -0.751. The molecule has 7 nitrogen and oxygen atoms in total. The Morgan fingerprint density at radius 1 is 1.00 bits per heavy atom. The molecule has 1 aliphatic rings. The summed E-state index contributed by atoms with van der Waals surface area (Å²) >= 11 is 0. The highest BCUT2D eigenvalue weighted by molar-refractivity contribution is 5.98. The lowest BCUT2D eigenvalue weighted by Gasteiger charge is -2.33. The second-order valence-corrected chi connectivity index (χ2v) is 9.55. The molecule has 0 atom stereocenters. The summed E-state index contributed by atoms with van der Waals surface area (Å²) < 4.78 is 91.4. The molecule has 0 radical (unpaired) electrons. The van der Waals surface area contributed by atoms with E-state index >= 15 is 0 Å². The van der Waals surface area contributed by atoms with Crippen LogP contribution in [-0.4, -0.2) is 41.0 Å². The van der Waals surface area contributed by atoms with Crippen molar-refractivity contribution in [3.05, 3.63) is 76.8 Å². The normalized spacial score (nSPS) is 15.0. The Morgan fingerprint density at radius 3 is 2.34 bits per heavy atom. The number of likely N-dealkylation sites (tertiary alicyclic amines) is 1. The minimum Gasteiger partial charge on any atom is -0.494 e. The molecule has 2 N–H and O–H groups in total. The van der Waals surface area contributed by atoms with E-state index in [1.165, 1.54) is 42.3 Å². The zero-order valence-corrected chi connectivity index (χ0v) is 21.6. The van der Waals surface area contributed by atoms with Gasteiger partial charge >= 0.3 is 12.4 Å². The van der Waals surface area contributed by atoms with E-state index in [0.717, 1.165) is 12.1 Å². The molecule has 0 aliphatic carbocycles. The molecule has 1 amide bonds. The second kappa shape index (κ2) is 10.7. The smallest absolute Gasteiger partial charge is 0.433 e. The van der Waals surface area contributed by atoms with E-state index in [2.05, 4.69) is 9.97 Å². The van der Waals surface area contributed by atoms with Crippen molar-refractivity contribution in [3.63, 3.8) is 0 Å². The lowest BCUT2D eigenvalue weighted by Crippen LogP contribution is -2.38. The van der Waals surface area contributed by atoms with Gasteiger partial charge in [-0.15, -0.1) is 0 Å². The molecule has 1 saturated heterocycles. The monoisotopic (exact) mass is 578 g/mol. The van der Waals surface area contributed by atoms with Crippen LogP contribution in [-0.2, 0) is 18.9 Å². The van der Waals surface area contributed by atoms with Gasteiger partial charge in [-0.3, -0.25) is 4.79 Å². The number of oxazole rings is 1. The van der Waals surface area contributed by atoms with Gasteiger partial charge in [0.15, 0.2) is 11.5 Å². The van der Waals surface area contributed by atoms with Crippen LogP contribution in [0.3, 0.4) is 0 Å². The highest BCUT2D eigenvalue weighted by atomic mass is 19.4. The quantitative estimate of drug-likeness (QED) is 0.275. The summed E-state index contributed by atoms with van der Waals surface area (Å²) in [6.45, 7) is 0.197. The fraction of sp³-hybridized carbons (Fsp3) is 0.321. The summed E-state index contributed by atoms with van der Waals surface area (Å²) in [4.78, 5) is 23.0.